The minimum Gasteiger partial charge on any atom is -0.207 e. The molecule has 0 aliphatic heterocycles. The summed E-state index contributed by atoms with van der Waals surface area (Å²) in [6.45, 7) is 6.52. The van der Waals surface area contributed by atoms with Gasteiger partial charge in [-0.15, -0.1) is 6.58 Å². The van der Waals surface area contributed by atoms with Crippen molar-refractivity contribution in [3.8, 4) is 0 Å². The van der Waals surface area contributed by atoms with Crippen molar-refractivity contribution in [3.05, 3.63) is 66.1 Å². The molecular weight excluding hydrogens is 282 g/mol. The van der Waals surface area contributed by atoms with Crippen molar-refractivity contribution in [1.29, 1.82) is 0 Å². The fourth-order valence-corrected chi connectivity index (χ4v) is 2.92. The second kappa shape index (κ2) is 9.32. The first kappa shape index (κ1) is 17.4. The third-order valence-corrected chi connectivity index (χ3v) is 4.46. The van der Waals surface area contributed by atoms with Crippen molar-refractivity contribution in [1.82, 2.24) is 4.31 Å². The van der Waals surface area contributed by atoms with E-state index in [1.54, 1.807) is 18.2 Å². The second-order valence-corrected chi connectivity index (χ2v) is 6.46. The number of rotatable bonds is 9. The zero-order valence-electron chi connectivity index (χ0n) is 12.5. The standard InChI is InChI=1S/C17H23NO2S/c1-3-5-15-18(14-4-2)21(19,20)16-10-9-13-17-11-7-6-8-12-17/h4,6-13,16H,2-3,5,14-15H2,1H3/b13-9+,16-10+. The van der Waals surface area contributed by atoms with Crippen LogP contribution in [0.1, 0.15) is 25.3 Å². The highest BCUT2D eigenvalue weighted by molar-refractivity contribution is 7.92. The Bertz CT molecular complexity index is 574. The second-order valence-electron chi connectivity index (χ2n) is 4.64. The van der Waals surface area contributed by atoms with Crippen LogP contribution in [0.4, 0.5) is 0 Å². The Balaban J connectivity index is 2.70. The SMILES string of the molecule is C=CCN(CCCC)S(=O)(=O)/C=C/C=C/c1ccccc1. The van der Waals surface area contributed by atoms with Gasteiger partial charge in [0.25, 0.3) is 0 Å². The van der Waals surface area contributed by atoms with Gasteiger partial charge < -0.3 is 0 Å². The maximum atomic E-state index is 12.2. The largest absolute Gasteiger partial charge is 0.236 e. The van der Waals surface area contributed by atoms with Crippen LogP contribution in [0.3, 0.4) is 0 Å². The van der Waals surface area contributed by atoms with E-state index < -0.39 is 10.0 Å². The first-order valence-corrected chi connectivity index (χ1v) is 8.61. The van der Waals surface area contributed by atoms with Gasteiger partial charge in [-0.3, -0.25) is 0 Å². The highest BCUT2D eigenvalue weighted by Crippen LogP contribution is 2.07. The predicted octanol–water partition coefficient (Wildman–Crippen LogP) is 3.83. The van der Waals surface area contributed by atoms with Gasteiger partial charge in [0.2, 0.25) is 10.0 Å². The highest BCUT2D eigenvalue weighted by Gasteiger charge is 2.16. The topological polar surface area (TPSA) is 37.4 Å². The number of benzene rings is 1. The Kier molecular flexibility index (Phi) is 7.72. The van der Waals surface area contributed by atoms with Crippen molar-refractivity contribution in [2.75, 3.05) is 13.1 Å². The summed E-state index contributed by atoms with van der Waals surface area (Å²) in [5.41, 5.74) is 1.04. The van der Waals surface area contributed by atoms with E-state index >= 15 is 0 Å². The van der Waals surface area contributed by atoms with Crippen LogP contribution in [-0.2, 0) is 10.0 Å². The fourth-order valence-electron chi connectivity index (χ4n) is 1.76. The molecule has 0 saturated heterocycles. The van der Waals surface area contributed by atoms with E-state index in [2.05, 4.69) is 6.58 Å². The molecule has 1 aromatic carbocycles. The molecule has 0 bridgehead atoms. The molecule has 0 spiro atoms. The average Bonchev–Trinajstić information content (AvgIpc) is 2.49. The highest BCUT2D eigenvalue weighted by atomic mass is 32.2. The maximum Gasteiger partial charge on any atom is 0.236 e. The van der Waals surface area contributed by atoms with Crippen LogP contribution >= 0.6 is 0 Å². The lowest BCUT2D eigenvalue weighted by molar-refractivity contribution is 0.439. The monoisotopic (exact) mass is 305 g/mol. The normalized spacial score (nSPS) is 12.5. The van der Waals surface area contributed by atoms with Gasteiger partial charge in [-0.25, -0.2) is 8.42 Å². The quantitative estimate of drug-likeness (QED) is 0.513. The van der Waals surface area contributed by atoms with Crippen LogP contribution in [0.25, 0.3) is 6.08 Å². The molecule has 0 aliphatic carbocycles. The van der Waals surface area contributed by atoms with E-state index in [-0.39, 0.29) is 0 Å². The van der Waals surface area contributed by atoms with Gasteiger partial charge in [-0.05, 0) is 18.1 Å². The number of allylic oxidation sites excluding steroid dienone is 2. The zero-order chi connectivity index (χ0) is 15.6. The summed E-state index contributed by atoms with van der Waals surface area (Å²) in [6.07, 6.45) is 8.58. The van der Waals surface area contributed by atoms with E-state index in [1.807, 2.05) is 43.3 Å². The van der Waals surface area contributed by atoms with Gasteiger partial charge in [-0.1, -0.05) is 61.9 Å². The number of hydrogen-bond donors (Lipinski definition) is 0. The zero-order valence-corrected chi connectivity index (χ0v) is 13.3. The van der Waals surface area contributed by atoms with Crippen molar-refractivity contribution in [3.63, 3.8) is 0 Å². The van der Waals surface area contributed by atoms with E-state index in [1.165, 1.54) is 9.71 Å². The molecule has 0 aliphatic rings. The molecule has 21 heavy (non-hydrogen) atoms. The average molecular weight is 305 g/mol. The number of sulfonamides is 1. The maximum absolute atomic E-state index is 12.2. The molecule has 1 rings (SSSR count). The van der Waals surface area contributed by atoms with E-state index in [0.717, 1.165) is 18.4 Å². The molecule has 0 unspecified atom stereocenters. The number of nitrogens with zero attached hydrogens (tertiary/aromatic N) is 1. The lowest BCUT2D eigenvalue weighted by Crippen LogP contribution is -2.30. The molecule has 3 nitrogen and oxygen atoms in total. The minimum absolute atomic E-state index is 0.342. The first-order chi connectivity index (χ1) is 10.1. The van der Waals surface area contributed by atoms with Crippen LogP contribution < -0.4 is 0 Å². The van der Waals surface area contributed by atoms with Crippen LogP contribution in [-0.4, -0.2) is 25.8 Å². The van der Waals surface area contributed by atoms with Crippen LogP contribution in [0.2, 0.25) is 0 Å². The lowest BCUT2D eigenvalue weighted by Gasteiger charge is -2.17. The van der Waals surface area contributed by atoms with Crippen molar-refractivity contribution in [2.45, 2.75) is 19.8 Å². The van der Waals surface area contributed by atoms with Gasteiger partial charge >= 0.3 is 0 Å². The molecule has 0 fully saturated rings. The van der Waals surface area contributed by atoms with Gasteiger partial charge in [0.1, 0.15) is 0 Å². The Hall–Kier alpha value is -1.65. The minimum atomic E-state index is -3.38. The summed E-state index contributed by atoms with van der Waals surface area (Å²) in [5.74, 6) is 0. The summed E-state index contributed by atoms with van der Waals surface area (Å²) in [6, 6.07) is 9.75. The number of unbranched alkanes of at least 4 members (excludes halogenated alkanes) is 1. The van der Waals surface area contributed by atoms with Gasteiger partial charge in [0.15, 0.2) is 0 Å². The van der Waals surface area contributed by atoms with E-state index in [9.17, 15) is 8.42 Å². The lowest BCUT2D eigenvalue weighted by atomic mass is 10.2. The summed E-state index contributed by atoms with van der Waals surface area (Å²) in [4.78, 5) is 0. The molecule has 0 N–H and O–H groups in total. The molecule has 1 aromatic rings. The van der Waals surface area contributed by atoms with Crippen LogP contribution in [0.15, 0.2) is 60.5 Å². The number of hydrogen-bond acceptors (Lipinski definition) is 2. The molecule has 4 heteroatoms. The first-order valence-electron chi connectivity index (χ1n) is 7.11. The molecular formula is C17H23NO2S. The van der Waals surface area contributed by atoms with Crippen molar-refractivity contribution in [2.24, 2.45) is 0 Å². The molecule has 0 amide bonds. The van der Waals surface area contributed by atoms with Gasteiger partial charge in [0, 0.05) is 18.5 Å². The summed E-state index contributed by atoms with van der Waals surface area (Å²) in [7, 11) is -3.38. The third-order valence-electron chi connectivity index (χ3n) is 2.90. The molecule has 0 radical (unpaired) electrons. The Labute approximate surface area is 128 Å². The third kappa shape index (κ3) is 6.56. The smallest absolute Gasteiger partial charge is 0.207 e. The van der Waals surface area contributed by atoms with E-state index in [0.29, 0.717) is 13.1 Å². The van der Waals surface area contributed by atoms with Gasteiger partial charge in [-0.2, -0.15) is 4.31 Å². The Morgan fingerprint density at radius 3 is 2.52 bits per heavy atom. The summed E-state index contributed by atoms with van der Waals surface area (Å²) < 4.78 is 25.8. The van der Waals surface area contributed by atoms with Gasteiger partial charge in [0.05, 0.1) is 0 Å². The van der Waals surface area contributed by atoms with Crippen molar-refractivity contribution >= 4 is 16.1 Å². The Morgan fingerprint density at radius 2 is 1.90 bits per heavy atom. The van der Waals surface area contributed by atoms with Crippen molar-refractivity contribution < 1.29 is 8.42 Å². The molecule has 114 valence electrons. The fraction of sp³-hybridized carbons (Fsp3) is 0.294. The predicted molar refractivity (Wildman–Crippen MR) is 90.2 cm³/mol. The van der Waals surface area contributed by atoms with E-state index in [4.69, 9.17) is 0 Å². The summed E-state index contributed by atoms with van der Waals surface area (Å²) in [5, 5.41) is 1.24. The van der Waals surface area contributed by atoms with Crippen LogP contribution in [0, 0.1) is 0 Å². The van der Waals surface area contributed by atoms with Crippen LogP contribution in [0.5, 0.6) is 0 Å². The summed E-state index contributed by atoms with van der Waals surface area (Å²) >= 11 is 0. The Morgan fingerprint density at radius 1 is 1.19 bits per heavy atom. The molecule has 0 atom stereocenters. The molecule has 0 heterocycles. The molecule has 0 aromatic heterocycles. The molecule has 0 saturated carbocycles.